The van der Waals surface area contributed by atoms with Crippen LogP contribution in [0.3, 0.4) is 0 Å². The predicted molar refractivity (Wildman–Crippen MR) is 117 cm³/mol. The molecule has 0 fully saturated rings. The van der Waals surface area contributed by atoms with E-state index in [2.05, 4.69) is 64.3 Å². The molecule has 1 N–H and O–H groups in total. The van der Waals surface area contributed by atoms with E-state index in [0.717, 1.165) is 44.2 Å². The lowest BCUT2D eigenvalue weighted by molar-refractivity contribution is -0.118. The number of hydrogen-bond donors (Lipinski definition) is 1. The van der Waals surface area contributed by atoms with Crippen LogP contribution < -0.4 is 5.32 Å². The van der Waals surface area contributed by atoms with Gasteiger partial charge in [-0.25, -0.2) is 0 Å². The van der Waals surface area contributed by atoms with Crippen LogP contribution in [0.4, 0.5) is 5.69 Å². The molecule has 1 aliphatic heterocycles. The summed E-state index contributed by atoms with van der Waals surface area (Å²) in [5.41, 5.74) is 6.32. The minimum Gasteiger partial charge on any atom is -0.373 e. The standard InChI is InChI=1S/C24H21BrN2O/c1-24(2)12-16-21-15-7-5-11-26-18(15)9-10-19(21)27-23(22(16)20(28)13-24)14-6-3-4-8-17(14)25/h3-11,23,27H,12-13H2,1-2H3/t23-/m1/s1. The van der Waals surface area contributed by atoms with E-state index >= 15 is 0 Å². The Morgan fingerprint density at radius 3 is 2.71 bits per heavy atom. The minimum atomic E-state index is -0.143. The third kappa shape index (κ3) is 2.70. The molecule has 140 valence electrons. The molecule has 2 aromatic carbocycles. The first kappa shape index (κ1) is 17.6. The van der Waals surface area contributed by atoms with E-state index in [-0.39, 0.29) is 17.2 Å². The summed E-state index contributed by atoms with van der Waals surface area (Å²) in [7, 11) is 0. The van der Waals surface area contributed by atoms with Gasteiger partial charge >= 0.3 is 0 Å². The number of benzene rings is 2. The molecule has 0 amide bonds. The normalized spacial score (nSPS) is 20.5. The highest BCUT2D eigenvalue weighted by atomic mass is 79.9. The number of anilines is 1. The van der Waals surface area contributed by atoms with Crippen molar-refractivity contribution in [1.82, 2.24) is 4.98 Å². The van der Waals surface area contributed by atoms with Crippen molar-refractivity contribution in [3.8, 4) is 0 Å². The van der Waals surface area contributed by atoms with Crippen molar-refractivity contribution in [2.75, 3.05) is 5.32 Å². The molecule has 1 aromatic heterocycles. The van der Waals surface area contributed by atoms with Gasteiger partial charge in [-0.05, 0) is 47.2 Å². The fourth-order valence-electron chi connectivity index (χ4n) is 4.66. The largest absolute Gasteiger partial charge is 0.373 e. The van der Waals surface area contributed by atoms with Gasteiger partial charge < -0.3 is 5.32 Å². The van der Waals surface area contributed by atoms with Crippen LogP contribution in [0.2, 0.25) is 0 Å². The van der Waals surface area contributed by atoms with Gasteiger partial charge in [0, 0.05) is 39.3 Å². The van der Waals surface area contributed by atoms with Gasteiger partial charge in [-0.1, -0.05) is 54.0 Å². The second-order valence-electron chi connectivity index (χ2n) is 8.49. The van der Waals surface area contributed by atoms with E-state index in [1.54, 1.807) is 0 Å². The second kappa shape index (κ2) is 6.28. The summed E-state index contributed by atoms with van der Waals surface area (Å²) in [4.78, 5) is 17.9. The van der Waals surface area contributed by atoms with Crippen molar-refractivity contribution in [3.63, 3.8) is 0 Å². The van der Waals surface area contributed by atoms with Crippen LogP contribution in [0.25, 0.3) is 16.5 Å². The fraction of sp³-hybridized carbons (Fsp3) is 0.250. The van der Waals surface area contributed by atoms with Crippen LogP contribution in [0, 0.1) is 5.41 Å². The Morgan fingerprint density at radius 1 is 1.07 bits per heavy atom. The summed E-state index contributed by atoms with van der Waals surface area (Å²) in [6, 6.07) is 16.3. The third-order valence-electron chi connectivity index (χ3n) is 5.81. The highest BCUT2D eigenvalue weighted by Gasteiger charge is 2.41. The highest BCUT2D eigenvalue weighted by molar-refractivity contribution is 9.10. The topological polar surface area (TPSA) is 42.0 Å². The average Bonchev–Trinajstić information content (AvgIpc) is 2.66. The van der Waals surface area contributed by atoms with Gasteiger partial charge in [-0.3, -0.25) is 9.78 Å². The SMILES string of the molecule is CC1(C)CC(=O)C2=C(C1)c1c(ccc3ncccc13)N[C@@H]2c1ccccc1Br. The molecule has 28 heavy (non-hydrogen) atoms. The number of hydrogen-bond acceptors (Lipinski definition) is 3. The monoisotopic (exact) mass is 432 g/mol. The highest BCUT2D eigenvalue weighted by Crippen LogP contribution is 2.52. The summed E-state index contributed by atoms with van der Waals surface area (Å²) in [6.07, 6.45) is 3.28. The molecular formula is C24H21BrN2O. The maximum Gasteiger partial charge on any atom is 0.162 e. The lowest BCUT2D eigenvalue weighted by atomic mass is 9.68. The van der Waals surface area contributed by atoms with Gasteiger partial charge in [-0.2, -0.15) is 0 Å². The Balaban J connectivity index is 1.83. The molecule has 0 bridgehead atoms. The number of ketones is 1. The first-order valence-electron chi connectivity index (χ1n) is 9.60. The molecule has 2 heterocycles. The van der Waals surface area contributed by atoms with Gasteiger partial charge in [0.2, 0.25) is 0 Å². The van der Waals surface area contributed by atoms with E-state index in [4.69, 9.17) is 0 Å². The van der Waals surface area contributed by atoms with Crippen LogP contribution in [-0.4, -0.2) is 10.8 Å². The summed E-state index contributed by atoms with van der Waals surface area (Å²) >= 11 is 3.69. The number of aromatic nitrogens is 1. The Labute approximate surface area is 173 Å². The molecule has 2 aliphatic rings. The van der Waals surface area contributed by atoms with E-state index in [1.165, 1.54) is 5.57 Å². The van der Waals surface area contributed by atoms with Crippen LogP contribution in [0.15, 0.2) is 64.8 Å². The fourth-order valence-corrected chi connectivity index (χ4v) is 5.17. The van der Waals surface area contributed by atoms with E-state index < -0.39 is 0 Å². The molecule has 3 nitrogen and oxygen atoms in total. The molecule has 4 heteroatoms. The summed E-state index contributed by atoms with van der Waals surface area (Å²) in [6.45, 7) is 4.38. The zero-order valence-electron chi connectivity index (χ0n) is 15.9. The number of allylic oxidation sites excluding steroid dienone is 1. The van der Waals surface area contributed by atoms with Crippen LogP contribution in [0.5, 0.6) is 0 Å². The van der Waals surface area contributed by atoms with Crippen molar-refractivity contribution < 1.29 is 4.79 Å². The van der Waals surface area contributed by atoms with Crippen LogP contribution in [-0.2, 0) is 4.79 Å². The van der Waals surface area contributed by atoms with E-state index in [0.29, 0.717) is 6.42 Å². The van der Waals surface area contributed by atoms with E-state index in [9.17, 15) is 4.79 Å². The zero-order chi connectivity index (χ0) is 19.5. The number of carbonyl (C=O) groups is 1. The first-order valence-corrected chi connectivity index (χ1v) is 10.4. The van der Waals surface area contributed by atoms with Gasteiger partial charge in [0.25, 0.3) is 0 Å². The van der Waals surface area contributed by atoms with Gasteiger partial charge in [0.15, 0.2) is 5.78 Å². The number of rotatable bonds is 1. The first-order chi connectivity index (χ1) is 13.4. The van der Waals surface area contributed by atoms with Crippen molar-refractivity contribution in [3.05, 3.63) is 75.9 Å². The van der Waals surface area contributed by atoms with Crippen molar-refractivity contribution in [2.45, 2.75) is 32.7 Å². The Hall–Kier alpha value is -2.46. The van der Waals surface area contributed by atoms with Gasteiger partial charge in [-0.15, -0.1) is 0 Å². The summed E-state index contributed by atoms with van der Waals surface area (Å²) < 4.78 is 1.02. The summed E-state index contributed by atoms with van der Waals surface area (Å²) in [5.74, 6) is 0.242. The van der Waals surface area contributed by atoms with Crippen LogP contribution >= 0.6 is 15.9 Å². The molecule has 0 saturated carbocycles. The number of carbonyl (C=O) groups excluding carboxylic acids is 1. The quantitative estimate of drug-likeness (QED) is 0.489. The lowest BCUT2D eigenvalue weighted by Crippen LogP contribution is -2.33. The smallest absolute Gasteiger partial charge is 0.162 e. The number of Topliss-reactive ketones (excluding diaryl/α,β-unsaturated/α-hetero) is 1. The van der Waals surface area contributed by atoms with E-state index in [1.807, 2.05) is 30.5 Å². The van der Waals surface area contributed by atoms with Gasteiger partial charge in [0.1, 0.15) is 0 Å². The molecule has 5 rings (SSSR count). The number of nitrogens with zero attached hydrogens (tertiary/aromatic N) is 1. The number of fused-ring (bicyclic) bond motifs is 4. The van der Waals surface area contributed by atoms with Crippen LogP contribution in [0.1, 0.15) is 43.9 Å². The maximum atomic E-state index is 13.4. The zero-order valence-corrected chi connectivity index (χ0v) is 17.5. The average molecular weight is 433 g/mol. The van der Waals surface area contributed by atoms with Crippen molar-refractivity contribution in [2.24, 2.45) is 5.41 Å². The predicted octanol–water partition coefficient (Wildman–Crippen LogP) is 6.31. The number of pyridine rings is 1. The molecule has 1 aliphatic carbocycles. The maximum absolute atomic E-state index is 13.4. The summed E-state index contributed by atoms with van der Waals surface area (Å²) in [5, 5.41) is 4.77. The number of halogens is 1. The lowest BCUT2D eigenvalue weighted by Gasteiger charge is -2.40. The minimum absolute atomic E-state index is 0.0482. The van der Waals surface area contributed by atoms with Crippen molar-refractivity contribution >= 4 is 43.9 Å². The molecule has 0 unspecified atom stereocenters. The Morgan fingerprint density at radius 2 is 1.89 bits per heavy atom. The number of nitrogens with one attached hydrogen (secondary N) is 1. The molecule has 0 spiro atoms. The second-order valence-corrected chi connectivity index (χ2v) is 9.34. The molecule has 3 aromatic rings. The molecule has 1 atom stereocenters. The molecule has 0 saturated heterocycles. The molecular weight excluding hydrogens is 412 g/mol. The Bertz CT molecular complexity index is 1160. The van der Waals surface area contributed by atoms with Crippen molar-refractivity contribution in [1.29, 1.82) is 0 Å². The Kier molecular flexibility index (Phi) is 3.95. The van der Waals surface area contributed by atoms with Gasteiger partial charge in [0.05, 0.1) is 11.6 Å². The third-order valence-corrected chi connectivity index (χ3v) is 6.53. The molecule has 0 radical (unpaired) electrons.